The Labute approximate surface area is 162 Å². The minimum atomic E-state index is 0.916. The number of benzene rings is 2. The van der Waals surface area contributed by atoms with Crippen molar-refractivity contribution in [2.24, 2.45) is 0 Å². The van der Waals surface area contributed by atoms with Crippen LogP contribution < -0.4 is 0 Å². The minimum Gasteiger partial charge on any atom is -0.298 e. The maximum atomic E-state index is 4.27. The molecule has 1 aliphatic heterocycles. The second-order valence-corrected chi connectivity index (χ2v) is 8.03. The van der Waals surface area contributed by atoms with Crippen LogP contribution in [0.25, 0.3) is 26.9 Å². The number of hydrogen-bond acceptors (Lipinski definition) is 4. The predicted octanol–water partition coefficient (Wildman–Crippen LogP) is 5.24. The fraction of sp³-hybridized carbons (Fsp3) is 0.130. The van der Waals surface area contributed by atoms with Gasteiger partial charge in [-0.25, -0.2) is 0 Å². The van der Waals surface area contributed by atoms with E-state index >= 15 is 0 Å². The van der Waals surface area contributed by atoms with E-state index in [-0.39, 0.29) is 0 Å². The standard InChI is InChI=1S/C23H19N3S/c1-26-12-10-20(23-14-17-5-2-3-7-22(17)27-23)19-9-8-16(13-18(19)15-26)21-6-4-11-24-25-21/h2-11,13-14H,12,15H2,1H3. The number of hydrogen-bond donors (Lipinski definition) is 0. The molecule has 0 fully saturated rings. The molecule has 0 atom stereocenters. The van der Waals surface area contributed by atoms with Gasteiger partial charge in [0.25, 0.3) is 0 Å². The van der Waals surface area contributed by atoms with Gasteiger partial charge in [-0.1, -0.05) is 36.4 Å². The maximum Gasteiger partial charge on any atom is 0.0929 e. The Bertz CT molecular complexity index is 1110. The first-order valence-corrected chi connectivity index (χ1v) is 9.88. The summed E-state index contributed by atoms with van der Waals surface area (Å²) < 4.78 is 1.34. The van der Waals surface area contributed by atoms with Gasteiger partial charge in [0.2, 0.25) is 0 Å². The predicted molar refractivity (Wildman–Crippen MR) is 113 cm³/mol. The van der Waals surface area contributed by atoms with Crippen LogP contribution in [0.5, 0.6) is 0 Å². The largest absolute Gasteiger partial charge is 0.298 e. The minimum absolute atomic E-state index is 0.916. The van der Waals surface area contributed by atoms with Gasteiger partial charge in [0.1, 0.15) is 0 Å². The first-order valence-electron chi connectivity index (χ1n) is 9.07. The summed E-state index contributed by atoms with van der Waals surface area (Å²) in [7, 11) is 2.17. The fourth-order valence-electron chi connectivity index (χ4n) is 3.66. The fourth-order valence-corrected chi connectivity index (χ4v) is 4.78. The van der Waals surface area contributed by atoms with Crippen molar-refractivity contribution in [1.82, 2.24) is 15.1 Å². The number of fused-ring (bicyclic) bond motifs is 2. The molecular weight excluding hydrogens is 350 g/mol. The molecule has 0 saturated heterocycles. The van der Waals surface area contributed by atoms with Crippen LogP contribution in [0.3, 0.4) is 0 Å². The topological polar surface area (TPSA) is 29.0 Å². The highest BCUT2D eigenvalue weighted by Crippen LogP contribution is 2.37. The quantitative estimate of drug-likeness (QED) is 0.484. The molecule has 4 aromatic rings. The molecular formula is C23H19N3S. The normalized spacial score (nSPS) is 14.6. The Kier molecular flexibility index (Phi) is 4.07. The third-order valence-corrected chi connectivity index (χ3v) is 6.15. The van der Waals surface area contributed by atoms with Crippen molar-refractivity contribution in [2.45, 2.75) is 6.54 Å². The van der Waals surface area contributed by atoms with E-state index in [2.05, 4.69) is 76.8 Å². The molecule has 5 rings (SSSR count). The molecule has 0 spiro atoms. The smallest absolute Gasteiger partial charge is 0.0929 e. The lowest BCUT2D eigenvalue weighted by atomic mass is 9.95. The number of nitrogens with zero attached hydrogens (tertiary/aromatic N) is 3. The molecule has 0 amide bonds. The van der Waals surface area contributed by atoms with Crippen LogP contribution >= 0.6 is 11.3 Å². The molecule has 132 valence electrons. The maximum absolute atomic E-state index is 4.27. The summed E-state index contributed by atoms with van der Waals surface area (Å²) >= 11 is 1.87. The molecule has 0 N–H and O–H groups in total. The number of likely N-dealkylation sites (N-methyl/N-ethyl adjacent to an activating group) is 1. The summed E-state index contributed by atoms with van der Waals surface area (Å²) in [6.07, 6.45) is 4.07. The first-order chi connectivity index (χ1) is 13.3. The summed E-state index contributed by atoms with van der Waals surface area (Å²) in [6, 6.07) is 21.5. The first kappa shape index (κ1) is 16.4. The van der Waals surface area contributed by atoms with Crippen LogP contribution in [0.15, 0.2) is 72.9 Å². The SMILES string of the molecule is CN1CC=C(c2cc3ccccc3s2)c2ccc(-c3cccnn3)cc2C1. The Morgan fingerprint density at radius 1 is 1.00 bits per heavy atom. The molecule has 2 aromatic carbocycles. The highest BCUT2D eigenvalue weighted by atomic mass is 32.1. The molecule has 0 unspecified atom stereocenters. The van der Waals surface area contributed by atoms with Crippen LogP contribution in [-0.2, 0) is 6.54 Å². The Morgan fingerprint density at radius 3 is 2.78 bits per heavy atom. The third-order valence-electron chi connectivity index (χ3n) is 5.00. The van der Waals surface area contributed by atoms with Gasteiger partial charge in [0.15, 0.2) is 0 Å². The van der Waals surface area contributed by atoms with E-state index in [1.54, 1.807) is 6.20 Å². The van der Waals surface area contributed by atoms with Gasteiger partial charge < -0.3 is 0 Å². The molecule has 1 aliphatic rings. The van der Waals surface area contributed by atoms with E-state index in [0.29, 0.717) is 0 Å². The average molecular weight is 369 g/mol. The lowest BCUT2D eigenvalue weighted by molar-refractivity contribution is 0.366. The summed E-state index contributed by atoms with van der Waals surface area (Å²) in [5.41, 5.74) is 6.02. The molecule has 0 bridgehead atoms. The van der Waals surface area contributed by atoms with E-state index in [0.717, 1.165) is 24.3 Å². The molecule has 0 aliphatic carbocycles. The van der Waals surface area contributed by atoms with Crippen LogP contribution in [0.1, 0.15) is 16.0 Å². The Morgan fingerprint density at radius 2 is 1.93 bits per heavy atom. The number of aromatic nitrogens is 2. The molecule has 27 heavy (non-hydrogen) atoms. The van der Waals surface area contributed by atoms with Gasteiger partial charge in [-0.2, -0.15) is 10.2 Å². The second-order valence-electron chi connectivity index (χ2n) is 6.94. The van der Waals surface area contributed by atoms with Crippen LogP contribution in [0, 0.1) is 0 Å². The monoisotopic (exact) mass is 369 g/mol. The van der Waals surface area contributed by atoms with Gasteiger partial charge in [-0.3, -0.25) is 4.90 Å². The highest BCUT2D eigenvalue weighted by molar-refractivity contribution is 7.20. The number of thiophene rings is 1. The summed E-state index contributed by atoms with van der Waals surface area (Å²) in [5.74, 6) is 0. The molecule has 0 saturated carbocycles. The van der Waals surface area contributed by atoms with E-state index < -0.39 is 0 Å². The summed E-state index contributed by atoms with van der Waals surface area (Å²) in [5, 5.41) is 9.61. The van der Waals surface area contributed by atoms with Gasteiger partial charge in [0.05, 0.1) is 5.69 Å². The van der Waals surface area contributed by atoms with E-state index in [4.69, 9.17) is 0 Å². The zero-order valence-corrected chi connectivity index (χ0v) is 15.9. The van der Waals surface area contributed by atoms with E-state index in [1.807, 2.05) is 23.5 Å². The van der Waals surface area contributed by atoms with Crippen molar-refractivity contribution < 1.29 is 0 Å². The van der Waals surface area contributed by atoms with Crippen molar-refractivity contribution in [3.8, 4) is 11.3 Å². The zero-order chi connectivity index (χ0) is 18.2. The molecule has 3 nitrogen and oxygen atoms in total. The van der Waals surface area contributed by atoms with Crippen molar-refractivity contribution in [1.29, 1.82) is 0 Å². The Balaban J connectivity index is 1.64. The number of rotatable bonds is 2. The van der Waals surface area contributed by atoms with Crippen LogP contribution in [-0.4, -0.2) is 28.7 Å². The van der Waals surface area contributed by atoms with Gasteiger partial charge in [-0.05, 0) is 59.5 Å². The van der Waals surface area contributed by atoms with Crippen LogP contribution in [0.2, 0.25) is 0 Å². The average Bonchev–Trinajstić information content (AvgIpc) is 3.06. The second kappa shape index (κ2) is 6.72. The summed E-state index contributed by atoms with van der Waals surface area (Å²) in [6.45, 7) is 1.87. The lowest BCUT2D eigenvalue weighted by Crippen LogP contribution is -2.16. The Hall–Kier alpha value is -2.82. The highest BCUT2D eigenvalue weighted by Gasteiger charge is 2.18. The van der Waals surface area contributed by atoms with Gasteiger partial charge in [-0.15, -0.1) is 11.3 Å². The van der Waals surface area contributed by atoms with E-state index in [1.165, 1.54) is 31.7 Å². The van der Waals surface area contributed by atoms with Crippen molar-refractivity contribution >= 4 is 27.0 Å². The van der Waals surface area contributed by atoms with Gasteiger partial charge >= 0.3 is 0 Å². The molecule has 4 heteroatoms. The lowest BCUT2D eigenvalue weighted by Gasteiger charge is -2.15. The van der Waals surface area contributed by atoms with Crippen molar-refractivity contribution in [3.05, 3.63) is 88.9 Å². The molecule has 2 aromatic heterocycles. The van der Waals surface area contributed by atoms with E-state index in [9.17, 15) is 0 Å². The third kappa shape index (κ3) is 3.07. The van der Waals surface area contributed by atoms with Crippen molar-refractivity contribution in [2.75, 3.05) is 13.6 Å². The van der Waals surface area contributed by atoms with Crippen LogP contribution in [0.4, 0.5) is 0 Å². The molecule has 0 radical (unpaired) electrons. The van der Waals surface area contributed by atoms with Crippen molar-refractivity contribution in [3.63, 3.8) is 0 Å². The summed E-state index contributed by atoms with van der Waals surface area (Å²) in [4.78, 5) is 3.68. The molecule has 3 heterocycles. The zero-order valence-electron chi connectivity index (χ0n) is 15.1. The van der Waals surface area contributed by atoms with Gasteiger partial charge in [0, 0.05) is 34.4 Å².